The maximum absolute atomic E-state index is 13.5. The number of fused-ring (bicyclic) bond motifs is 1. The fraction of sp³-hybridized carbons (Fsp3) is 0.417. The van der Waals surface area contributed by atoms with E-state index in [4.69, 9.17) is 4.42 Å². The highest BCUT2D eigenvalue weighted by molar-refractivity contribution is 6.11. The number of carbonyl (C=O) groups is 3. The van der Waals surface area contributed by atoms with Crippen molar-refractivity contribution < 1.29 is 18.8 Å². The average Bonchev–Trinajstić information content (AvgIpc) is 3.54. The van der Waals surface area contributed by atoms with Gasteiger partial charge in [-0.15, -0.1) is 10.2 Å². The van der Waals surface area contributed by atoms with Crippen LogP contribution >= 0.6 is 0 Å². The standard InChI is InChI=1S/C24H28N6O4/c1-13(2)18(19(31)21-28-29-23(34-21)24(3,4)5)27-20(32)17-10-14-8-6-7-9-16(14)30(17)22(33)15-11-25-12-26-15/h6-9,11-13,17-18H,10H2,1-5H3,(H,25,26)(H,27,32)/t17-,18-/m0/s1. The average molecular weight is 465 g/mol. The molecule has 1 aliphatic heterocycles. The maximum Gasteiger partial charge on any atom is 0.286 e. The number of aromatic amines is 1. The Bertz CT molecular complexity index is 1210. The van der Waals surface area contributed by atoms with Crippen LogP contribution in [0.1, 0.15) is 67.2 Å². The number of aromatic nitrogens is 4. The zero-order chi connectivity index (χ0) is 24.6. The van der Waals surface area contributed by atoms with Crippen LogP contribution in [0.2, 0.25) is 0 Å². The quantitative estimate of drug-likeness (QED) is 0.536. The van der Waals surface area contributed by atoms with E-state index in [-0.39, 0.29) is 23.4 Å². The third kappa shape index (κ3) is 4.35. The number of imidazole rings is 1. The number of nitrogens with zero attached hydrogens (tertiary/aromatic N) is 4. The summed E-state index contributed by atoms with van der Waals surface area (Å²) in [5, 5.41) is 10.7. The van der Waals surface area contributed by atoms with Crippen molar-refractivity contribution in [1.82, 2.24) is 25.5 Å². The number of ketones is 1. The lowest BCUT2D eigenvalue weighted by atomic mass is 9.97. The summed E-state index contributed by atoms with van der Waals surface area (Å²) in [6, 6.07) is 5.64. The summed E-state index contributed by atoms with van der Waals surface area (Å²) in [6.45, 7) is 9.35. The van der Waals surface area contributed by atoms with E-state index in [1.54, 1.807) is 6.07 Å². The van der Waals surface area contributed by atoms with Crippen LogP contribution < -0.4 is 10.2 Å². The summed E-state index contributed by atoms with van der Waals surface area (Å²) in [6.07, 6.45) is 3.16. The van der Waals surface area contributed by atoms with Crippen molar-refractivity contribution in [3.05, 3.63) is 59.8 Å². The molecule has 2 N–H and O–H groups in total. The van der Waals surface area contributed by atoms with Gasteiger partial charge in [0, 0.05) is 17.5 Å². The second-order valence-corrected chi connectivity index (χ2v) is 9.75. The molecule has 0 aliphatic carbocycles. The van der Waals surface area contributed by atoms with Gasteiger partial charge < -0.3 is 14.7 Å². The lowest BCUT2D eigenvalue weighted by Gasteiger charge is -2.27. The molecule has 0 fully saturated rings. The molecule has 0 radical (unpaired) electrons. The van der Waals surface area contributed by atoms with Gasteiger partial charge in [0.2, 0.25) is 17.6 Å². The van der Waals surface area contributed by atoms with Crippen molar-refractivity contribution in [2.75, 3.05) is 4.90 Å². The number of nitrogens with one attached hydrogen (secondary N) is 2. The molecule has 2 amide bonds. The number of hydrogen-bond donors (Lipinski definition) is 2. The number of benzene rings is 1. The molecule has 2 aromatic heterocycles. The van der Waals surface area contributed by atoms with Gasteiger partial charge in [0.25, 0.3) is 11.8 Å². The van der Waals surface area contributed by atoms with Gasteiger partial charge in [-0.25, -0.2) is 4.98 Å². The zero-order valence-corrected chi connectivity index (χ0v) is 19.8. The molecule has 178 valence electrons. The van der Waals surface area contributed by atoms with Gasteiger partial charge in [-0.3, -0.25) is 19.3 Å². The minimum absolute atomic E-state index is 0.149. The van der Waals surface area contributed by atoms with Crippen LogP contribution in [0.3, 0.4) is 0 Å². The first-order chi connectivity index (χ1) is 16.1. The van der Waals surface area contributed by atoms with E-state index in [0.29, 0.717) is 18.0 Å². The molecular weight excluding hydrogens is 436 g/mol. The largest absolute Gasteiger partial charge is 0.418 e. The smallest absolute Gasteiger partial charge is 0.286 e. The third-order valence-corrected chi connectivity index (χ3v) is 5.75. The van der Waals surface area contributed by atoms with E-state index in [0.717, 1.165) is 5.56 Å². The third-order valence-electron chi connectivity index (χ3n) is 5.75. The Morgan fingerprint density at radius 2 is 1.91 bits per heavy atom. The minimum atomic E-state index is -0.895. The minimum Gasteiger partial charge on any atom is -0.418 e. The van der Waals surface area contributed by atoms with E-state index in [1.165, 1.54) is 17.4 Å². The summed E-state index contributed by atoms with van der Waals surface area (Å²) in [5.41, 5.74) is 1.38. The van der Waals surface area contributed by atoms with Gasteiger partial charge in [-0.2, -0.15) is 0 Å². The summed E-state index contributed by atoms with van der Waals surface area (Å²) in [5.74, 6) is -1.33. The van der Waals surface area contributed by atoms with Gasteiger partial charge in [-0.1, -0.05) is 52.8 Å². The highest BCUT2D eigenvalue weighted by atomic mass is 16.4. The Hall–Kier alpha value is -3.82. The van der Waals surface area contributed by atoms with Crippen molar-refractivity contribution in [2.45, 2.75) is 58.5 Å². The molecule has 0 unspecified atom stereocenters. The molecule has 0 spiro atoms. The molecule has 0 bridgehead atoms. The number of hydrogen-bond acceptors (Lipinski definition) is 7. The number of carbonyl (C=O) groups excluding carboxylic acids is 3. The Morgan fingerprint density at radius 1 is 1.18 bits per heavy atom. The van der Waals surface area contributed by atoms with Gasteiger partial charge in [0.05, 0.1) is 18.6 Å². The maximum atomic E-state index is 13.5. The van der Waals surface area contributed by atoms with Crippen LogP contribution in [0.4, 0.5) is 5.69 Å². The molecule has 1 aromatic carbocycles. The van der Waals surface area contributed by atoms with Crippen LogP contribution in [0, 0.1) is 5.92 Å². The molecule has 0 saturated heterocycles. The van der Waals surface area contributed by atoms with Crippen LogP contribution in [-0.2, 0) is 16.6 Å². The van der Waals surface area contributed by atoms with Crippen LogP contribution in [0.5, 0.6) is 0 Å². The summed E-state index contributed by atoms with van der Waals surface area (Å²) >= 11 is 0. The highest BCUT2D eigenvalue weighted by Crippen LogP contribution is 2.33. The van der Waals surface area contributed by atoms with Gasteiger partial charge in [0.1, 0.15) is 11.7 Å². The van der Waals surface area contributed by atoms with Crippen LogP contribution in [-0.4, -0.2) is 49.8 Å². The first kappa shape index (κ1) is 23.3. The summed E-state index contributed by atoms with van der Waals surface area (Å²) in [7, 11) is 0. The van der Waals surface area contributed by atoms with Crippen molar-refractivity contribution in [3.63, 3.8) is 0 Å². The van der Waals surface area contributed by atoms with E-state index in [9.17, 15) is 14.4 Å². The Labute approximate surface area is 197 Å². The molecule has 10 heteroatoms. The molecule has 3 heterocycles. The molecule has 1 aliphatic rings. The molecule has 2 atom stereocenters. The van der Waals surface area contributed by atoms with Crippen LogP contribution in [0.15, 0.2) is 41.2 Å². The molecule has 34 heavy (non-hydrogen) atoms. The fourth-order valence-corrected chi connectivity index (χ4v) is 3.89. The number of anilines is 1. The Balaban J connectivity index is 1.59. The SMILES string of the molecule is CC(C)[C@H](NC(=O)[C@@H]1Cc2ccccc2N1C(=O)c1cnc[nH]1)C(=O)c1nnc(C(C)(C)C)o1. The first-order valence-electron chi connectivity index (χ1n) is 11.2. The lowest BCUT2D eigenvalue weighted by molar-refractivity contribution is -0.122. The summed E-state index contributed by atoms with van der Waals surface area (Å²) in [4.78, 5) is 48.1. The van der Waals surface area contributed by atoms with Gasteiger partial charge in [0.15, 0.2) is 0 Å². The monoisotopic (exact) mass is 464 g/mol. The number of H-pyrrole nitrogens is 1. The van der Waals surface area contributed by atoms with Crippen molar-refractivity contribution in [2.24, 2.45) is 5.92 Å². The fourth-order valence-electron chi connectivity index (χ4n) is 3.89. The molecule has 4 rings (SSSR count). The van der Waals surface area contributed by atoms with E-state index >= 15 is 0 Å². The Morgan fingerprint density at radius 3 is 2.53 bits per heavy atom. The van der Waals surface area contributed by atoms with Crippen molar-refractivity contribution in [1.29, 1.82) is 0 Å². The first-order valence-corrected chi connectivity index (χ1v) is 11.2. The van der Waals surface area contributed by atoms with Crippen molar-refractivity contribution in [3.8, 4) is 0 Å². The van der Waals surface area contributed by atoms with E-state index in [2.05, 4.69) is 25.5 Å². The lowest BCUT2D eigenvalue weighted by Crippen LogP contribution is -2.53. The van der Waals surface area contributed by atoms with E-state index in [1.807, 2.05) is 52.8 Å². The highest BCUT2D eigenvalue weighted by Gasteiger charge is 2.41. The predicted octanol–water partition coefficient (Wildman–Crippen LogP) is 2.69. The number of Topliss-reactive ketones (excluding diaryl/α,β-unsaturated/α-hetero) is 1. The molecule has 10 nitrogen and oxygen atoms in total. The second-order valence-electron chi connectivity index (χ2n) is 9.75. The Kier molecular flexibility index (Phi) is 6.07. The molecular formula is C24H28N6O4. The van der Waals surface area contributed by atoms with Crippen LogP contribution in [0.25, 0.3) is 0 Å². The van der Waals surface area contributed by atoms with Gasteiger partial charge in [-0.05, 0) is 17.5 Å². The predicted molar refractivity (Wildman–Crippen MR) is 123 cm³/mol. The van der Waals surface area contributed by atoms with Gasteiger partial charge >= 0.3 is 0 Å². The van der Waals surface area contributed by atoms with E-state index < -0.39 is 29.2 Å². The summed E-state index contributed by atoms with van der Waals surface area (Å²) < 4.78 is 5.61. The normalized spacial score (nSPS) is 16.4. The number of amides is 2. The number of para-hydroxylation sites is 1. The topological polar surface area (TPSA) is 134 Å². The second kappa shape index (κ2) is 8.85. The zero-order valence-electron chi connectivity index (χ0n) is 19.8. The molecule has 0 saturated carbocycles. The number of rotatable bonds is 6. The molecule has 3 aromatic rings. The van der Waals surface area contributed by atoms with Crippen molar-refractivity contribution >= 4 is 23.3 Å².